The maximum Gasteiger partial charge on any atom is 0.0104 e. The van der Waals surface area contributed by atoms with E-state index in [0.29, 0.717) is 0 Å². The van der Waals surface area contributed by atoms with Crippen LogP contribution in [0.1, 0.15) is 20.3 Å². The smallest absolute Gasteiger partial charge is 0.0104 e. The summed E-state index contributed by atoms with van der Waals surface area (Å²) >= 11 is 0. The van der Waals surface area contributed by atoms with Crippen molar-refractivity contribution in [1.82, 2.24) is 10.2 Å². The third-order valence-electron chi connectivity index (χ3n) is 1.34. The van der Waals surface area contributed by atoms with Gasteiger partial charge in [-0.15, -0.1) is 0 Å². The lowest BCUT2D eigenvalue weighted by molar-refractivity contribution is 0.291. The lowest BCUT2D eigenvalue weighted by Crippen LogP contribution is -2.40. The highest BCUT2D eigenvalue weighted by atomic mass is 15.2. The fourth-order valence-electron chi connectivity index (χ4n) is 0.777. The van der Waals surface area contributed by atoms with Gasteiger partial charge in [-0.1, -0.05) is 20.3 Å². The molecule has 1 fully saturated rings. The van der Waals surface area contributed by atoms with Gasteiger partial charge >= 0.3 is 0 Å². The topological polar surface area (TPSA) is 41.3 Å². The van der Waals surface area contributed by atoms with Crippen LogP contribution in [0.5, 0.6) is 0 Å². The number of nitrogens with one attached hydrogen (secondary N) is 1. The summed E-state index contributed by atoms with van der Waals surface area (Å²) in [6, 6.07) is 0. The fraction of sp³-hybridized carbons (Fsp3) is 1.00. The third kappa shape index (κ3) is 12.5. The number of hydrogen-bond donors (Lipinski definition) is 2. The monoisotopic (exact) mass is 175 g/mol. The highest BCUT2D eigenvalue weighted by molar-refractivity contribution is 4.62. The number of hydrogen-bond acceptors (Lipinski definition) is 3. The zero-order valence-electron chi connectivity index (χ0n) is 9.06. The van der Waals surface area contributed by atoms with Crippen LogP contribution in [0.25, 0.3) is 0 Å². The van der Waals surface area contributed by atoms with E-state index >= 15 is 0 Å². The molecule has 1 heterocycles. The van der Waals surface area contributed by atoms with Gasteiger partial charge in [0, 0.05) is 26.2 Å². The number of piperazine rings is 1. The predicted molar refractivity (Wildman–Crippen MR) is 56.4 cm³/mol. The Balaban J connectivity index is 0. The molecule has 0 radical (unpaired) electrons. The minimum atomic E-state index is 1.16. The number of nitrogens with zero attached hydrogens (tertiary/aromatic N) is 1. The van der Waals surface area contributed by atoms with Gasteiger partial charge in [-0.25, -0.2) is 0 Å². The first-order valence-corrected chi connectivity index (χ1v) is 4.78. The van der Waals surface area contributed by atoms with Crippen LogP contribution in [-0.4, -0.2) is 45.2 Å². The second kappa shape index (κ2) is 13.5. The Hall–Kier alpha value is -0.120. The van der Waals surface area contributed by atoms with Crippen molar-refractivity contribution in [2.45, 2.75) is 20.3 Å². The molecule has 0 aromatic heterocycles. The van der Waals surface area contributed by atoms with Crippen molar-refractivity contribution in [1.29, 1.82) is 0 Å². The van der Waals surface area contributed by atoms with Crippen molar-refractivity contribution in [2.75, 3.05) is 40.3 Å². The Morgan fingerprint density at radius 2 is 1.50 bits per heavy atom. The van der Waals surface area contributed by atoms with Crippen LogP contribution in [0.3, 0.4) is 0 Å². The Morgan fingerprint density at radius 3 is 1.67 bits per heavy atom. The van der Waals surface area contributed by atoms with Gasteiger partial charge in [0.25, 0.3) is 0 Å². The van der Waals surface area contributed by atoms with Crippen molar-refractivity contribution in [3.63, 3.8) is 0 Å². The van der Waals surface area contributed by atoms with E-state index < -0.39 is 0 Å². The van der Waals surface area contributed by atoms with Gasteiger partial charge in [0.15, 0.2) is 0 Å². The van der Waals surface area contributed by atoms with Gasteiger partial charge in [0.1, 0.15) is 0 Å². The molecule has 1 rings (SSSR count). The molecule has 0 spiro atoms. The number of nitrogens with two attached hydrogens (primary N) is 1. The fourth-order valence-corrected chi connectivity index (χ4v) is 0.777. The van der Waals surface area contributed by atoms with Gasteiger partial charge < -0.3 is 16.0 Å². The molecular formula is C9H25N3. The first kappa shape index (κ1) is 14.4. The molecule has 3 N–H and O–H groups in total. The van der Waals surface area contributed by atoms with Crippen LogP contribution >= 0.6 is 0 Å². The lowest BCUT2D eigenvalue weighted by atomic mass is 10.4. The second-order valence-corrected chi connectivity index (χ2v) is 2.76. The SMILES string of the molecule is CCC.CN.CN1CCNCC1. The molecule has 0 aromatic rings. The first-order chi connectivity index (χ1) is 5.81. The van der Waals surface area contributed by atoms with Crippen molar-refractivity contribution >= 4 is 0 Å². The summed E-state index contributed by atoms with van der Waals surface area (Å²) in [6.45, 7) is 8.99. The molecule has 0 aromatic carbocycles. The van der Waals surface area contributed by atoms with Crippen LogP contribution in [0, 0.1) is 0 Å². The van der Waals surface area contributed by atoms with E-state index in [1.165, 1.54) is 26.6 Å². The summed E-state index contributed by atoms with van der Waals surface area (Å²) in [5.41, 5.74) is 4.50. The average molecular weight is 175 g/mol. The summed E-state index contributed by atoms with van der Waals surface area (Å²) in [4.78, 5) is 2.33. The summed E-state index contributed by atoms with van der Waals surface area (Å²) in [5, 5.41) is 3.27. The van der Waals surface area contributed by atoms with Crippen molar-refractivity contribution < 1.29 is 0 Å². The van der Waals surface area contributed by atoms with Crippen LogP contribution < -0.4 is 11.1 Å². The maximum absolute atomic E-state index is 4.50. The highest BCUT2D eigenvalue weighted by Crippen LogP contribution is 1.82. The summed E-state index contributed by atoms with van der Waals surface area (Å²) in [6.07, 6.45) is 1.25. The van der Waals surface area contributed by atoms with E-state index in [1.807, 2.05) is 0 Å². The molecule has 1 aliphatic rings. The molecule has 76 valence electrons. The van der Waals surface area contributed by atoms with Crippen LogP contribution in [0.4, 0.5) is 0 Å². The van der Waals surface area contributed by atoms with E-state index in [9.17, 15) is 0 Å². The third-order valence-corrected chi connectivity index (χ3v) is 1.34. The Labute approximate surface area is 77.3 Å². The van der Waals surface area contributed by atoms with Crippen molar-refractivity contribution in [3.05, 3.63) is 0 Å². The number of rotatable bonds is 0. The first-order valence-electron chi connectivity index (χ1n) is 4.78. The lowest BCUT2D eigenvalue weighted by Gasteiger charge is -2.21. The second-order valence-electron chi connectivity index (χ2n) is 2.76. The maximum atomic E-state index is 4.50. The van der Waals surface area contributed by atoms with E-state index in [-0.39, 0.29) is 0 Å². The van der Waals surface area contributed by atoms with E-state index in [0.717, 1.165) is 13.1 Å². The number of likely N-dealkylation sites (N-methyl/N-ethyl adjacent to an activating group) is 1. The van der Waals surface area contributed by atoms with Crippen LogP contribution in [0.15, 0.2) is 0 Å². The van der Waals surface area contributed by atoms with Gasteiger partial charge in [-0.3, -0.25) is 0 Å². The molecule has 0 unspecified atom stereocenters. The quantitative estimate of drug-likeness (QED) is 0.564. The zero-order chi connectivity index (χ0) is 9.82. The normalized spacial score (nSPS) is 16.8. The molecule has 0 aliphatic carbocycles. The minimum Gasteiger partial charge on any atom is -0.333 e. The highest BCUT2D eigenvalue weighted by Gasteiger charge is 2.01. The van der Waals surface area contributed by atoms with Crippen molar-refractivity contribution in [2.24, 2.45) is 5.73 Å². The molecule has 1 aliphatic heterocycles. The molecule has 0 bridgehead atoms. The largest absolute Gasteiger partial charge is 0.333 e. The predicted octanol–water partition coefficient (Wildman–Crippen LogP) is 0.513. The molecule has 3 nitrogen and oxygen atoms in total. The molecule has 1 saturated heterocycles. The Bertz CT molecular complexity index is 60.8. The average Bonchev–Trinajstić information content (AvgIpc) is 2.11. The van der Waals surface area contributed by atoms with Gasteiger partial charge in [0.05, 0.1) is 0 Å². The molecule has 3 heteroatoms. The van der Waals surface area contributed by atoms with E-state index in [2.05, 4.69) is 36.8 Å². The summed E-state index contributed by atoms with van der Waals surface area (Å²) < 4.78 is 0. The molecule has 0 amide bonds. The molecule has 12 heavy (non-hydrogen) atoms. The van der Waals surface area contributed by atoms with Crippen LogP contribution in [0.2, 0.25) is 0 Å². The Kier molecular flexibility index (Phi) is 16.2. The summed E-state index contributed by atoms with van der Waals surface area (Å²) in [7, 11) is 3.65. The van der Waals surface area contributed by atoms with Gasteiger partial charge in [-0.2, -0.15) is 0 Å². The molecule has 0 saturated carbocycles. The summed E-state index contributed by atoms with van der Waals surface area (Å²) in [5.74, 6) is 0. The van der Waals surface area contributed by atoms with E-state index in [1.54, 1.807) is 0 Å². The molecule has 0 atom stereocenters. The van der Waals surface area contributed by atoms with Gasteiger partial charge in [-0.05, 0) is 14.1 Å². The molecular weight excluding hydrogens is 150 g/mol. The van der Waals surface area contributed by atoms with Gasteiger partial charge in [0.2, 0.25) is 0 Å². The van der Waals surface area contributed by atoms with Crippen molar-refractivity contribution in [3.8, 4) is 0 Å². The zero-order valence-corrected chi connectivity index (χ0v) is 9.06. The Morgan fingerprint density at radius 1 is 1.17 bits per heavy atom. The van der Waals surface area contributed by atoms with Crippen LogP contribution in [-0.2, 0) is 0 Å². The minimum absolute atomic E-state index is 1.16. The van der Waals surface area contributed by atoms with E-state index in [4.69, 9.17) is 0 Å². The standard InChI is InChI=1S/C5H12N2.C3H8.CH5N/c1-7-4-2-6-3-5-7;1-3-2;1-2/h6H,2-5H2,1H3;3H2,1-2H3;2H2,1H3.